The van der Waals surface area contributed by atoms with Crippen molar-refractivity contribution in [3.8, 4) is 0 Å². The molecule has 0 amide bonds. The van der Waals surface area contributed by atoms with Crippen LogP contribution in [0.3, 0.4) is 0 Å². The summed E-state index contributed by atoms with van der Waals surface area (Å²) in [6, 6.07) is 0. The van der Waals surface area contributed by atoms with Gasteiger partial charge < -0.3 is 10.6 Å². The summed E-state index contributed by atoms with van der Waals surface area (Å²) < 4.78 is 26.4. The summed E-state index contributed by atoms with van der Waals surface area (Å²) >= 11 is 0. The number of rotatable bonds is 5. The number of nitrogens with two attached hydrogens (primary N) is 1. The van der Waals surface area contributed by atoms with E-state index in [2.05, 4.69) is 22.1 Å². The summed E-state index contributed by atoms with van der Waals surface area (Å²) in [5.41, 5.74) is 6.07. The molecular weight excluding hydrogens is 278 g/mol. The molecule has 1 aliphatic heterocycles. The van der Waals surface area contributed by atoms with Crippen LogP contribution in [0.4, 0.5) is 0 Å². The molecule has 0 unspecified atom stereocenters. The molecule has 1 aromatic rings. The SMILES string of the molecule is CN1CCC(CN(C)S(=O)(=O)c2[nH]ncc2CN)CC1. The van der Waals surface area contributed by atoms with Crippen molar-refractivity contribution in [3.05, 3.63) is 11.8 Å². The van der Waals surface area contributed by atoms with Crippen LogP contribution in [-0.4, -0.2) is 61.5 Å². The third-order valence-electron chi connectivity index (χ3n) is 3.92. The van der Waals surface area contributed by atoms with Crippen LogP contribution in [0.5, 0.6) is 0 Å². The van der Waals surface area contributed by atoms with Crippen LogP contribution >= 0.6 is 0 Å². The predicted molar refractivity (Wildman–Crippen MR) is 76.5 cm³/mol. The van der Waals surface area contributed by atoms with Crippen LogP contribution in [-0.2, 0) is 16.6 Å². The van der Waals surface area contributed by atoms with Crippen molar-refractivity contribution in [3.63, 3.8) is 0 Å². The average molecular weight is 301 g/mol. The number of likely N-dealkylation sites (tertiary alicyclic amines) is 1. The third kappa shape index (κ3) is 3.20. The van der Waals surface area contributed by atoms with Crippen LogP contribution < -0.4 is 5.73 Å². The predicted octanol–water partition coefficient (Wildman–Crippen LogP) is -0.169. The minimum atomic E-state index is -3.53. The van der Waals surface area contributed by atoms with E-state index in [0.717, 1.165) is 25.9 Å². The first-order chi connectivity index (χ1) is 9.45. The molecule has 2 rings (SSSR count). The normalized spacial score (nSPS) is 18.8. The summed E-state index contributed by atoms with van der Waals surface area (Å²) in [5, 5.41) is 6.46. The topological polar surface area (TPSA) is 95.3 Å². The van der Waals surface area contributed by atoms with Crippen molar-refractivity contribution in [2.75, 3.05) is 33.7 Å². The van der Waals surface area contributed by atoms with Gasteiger partial charge in [-0.1, -0.05) is 0 Å². The number of nitrogens with one attached hydrogen (secondary N) is 1. The third-order valence-corrected chi connectivity index (χ3v) is 5.76. The van der Waals surface area contributed by atoms with E-state index >= 15 is 0 Å². The van der Waals surface area contributed by atoms with Crippen molar-refractivity contribution in [2.45, 2.75) is 24.4 Å². The quantitative estimate of drug-likeness (QED) is 0.787. The minimum Gasteiger partial charge on any atom is -0.326 e. The average Bonchev–Trinajstić information content (AvgIpc) is 2.90. The second kappa shape index (κ2) is 6.21. The second-order valence-electron chi connectivity index (χ2n) is 5.46. The Morgan fingerprint density at radius 2 is 2.15 bits per heavy atom. The van der Waals surface area contributed by atoms with Crippen LogP contribution in [0, 0.1) is 5.92 Å². The molecule has 1 saturated heterocycles. The molecular formula is C12H23N5O2S. The number of aromatic amines is 1. The first-order valence-electron chi connectivity index (χ1n) is 6.82. The lowest BCUT2D eigenvalue weighted by Crippen LogP contribution is -2.38. The Morgan fingerprint density at radius 3 is 2.75 bits per heavy atom. The standard InChI is InChI=1S/C12H23N5O2S/c1-16-5-3-10(4-6-16)9-17(2)20(18,19)12-11(7-13)8-14-15-12/h8,10H,3-7,9,13H2,1-2H3,(H,14,15). The van der Waals surface area contributed by atoms with E-state index in [4.69, 9.17) is 5.73 Å². The molecule has 1 aliphatic rings. The molecule has 2 heterocycles. The number of aromatic nitrogens is 2. The van der Waals surface area contributed by atoms with Gasteiger partial charge in [0.25, 0.3) is 10.0 Å². The maximum Gasteiger partial charge on any atom is 0.260 e. The van der Waals surface area contributed by atoms with Crippen molar-refractivity contribution >= 4 is 10.0 Å². The molecule has 0 aliphatic carbocycles. The Kier molecular flexibility index (Phi) is 4.79. The van der Waals surface area contributed by atoms with Gasteiger partial charge in [-0.2, -0.15) is 9.40 Å². The molecule has 0 atom stereocenters. The number of hydrogen-bond acceptors (Lipinski definition) is 5. The van der Waals surface area contributed by atoms with Gasteiger partial charge in [0.1, 0.15) is 0 Å². The highest BCUT2D eigenvalue weighted by Crippen LogP contribution is 2.21. The van der Waals surface area contributed by atoms with E-state index < -0.39 is 10.0 Å². The lowest BCUT2D eigenvalue weighted by Gasteiger charge is -2.31. The van der Waals surface area contributed by atoms with Crippen LogP contribution in [0.1, 0.15) is 18.4 Å². The van der Waals surface area contributed by atoms with Crippen LogP contribution in [0.25, 0.3) is 0 Å². The molecule has 1 aromatic heterocycles. The number of nitrogens with zero attached hydrogens (tertiary/aromatic N) is 3. The lowest BCUT2D eigenvalue weighted by atomic mass is 9.97. The summed E-state index contributed by atoms with van der Waals surface area (Å²) in [7, 11) is 0.182. The molecule has 20 heavy (non-hydrogen) atoms. The Bertz CT molecular complexity index is 534. The highest BCUT2D eigenvalue weighted by Gasteiger charge is 2.28. The van der Waals surface area contributed by atoms with Gasteiger partial charge in [-0.15, -0.1) is 0 Å². The monoisotopic (exact) mass is 301 g/mol. The fraction of sp³-hybridized carbons (Fsp3) is 0.750. The molecule has 7 nitrogen and oxygen atoms in total. The summed E-state index contributed by atoms with van der Waals surface area (Å²) in [4.78, 5) is 2.27. The molecule has 1 fully saturated rings. The minimum absolute atomic E-state index is 0.121. The van der Waals surface area contributed by atoms with Crippen LogP contribution in [0.15, 0.2) is 11.2 Å². The number of hydrogen-bond donors (Lipinski definition) is 2. The van der Waals surface area contributed by atoms with Gasteiger partial charge >= 0.3 is 0 Å². The molecule has 0 spiro atoms. The Labute approximate surface area is 120 Å². The molecule has 0 bridgehead atoms. The first kappa shape index (κ1) is 15.4. The smallest absolute Gasteiger partial charge is 0.260 e. The Balaban J connectivity index is 2.06. The first-order valence-corrected chi connectivity index (χ1v) is 8.26. The van der Waals surface area contributed by atoms with E-state index in [1.54, 1.807) is 7.05 Å². The number of piperidine rings is 1. The zero-order chi connectivity index (χ0) is 14.8. The number of sulfonamides is 1. The highest BCUT2D eigenvalue weighted by molar-refractivity contribution is 7.89. The molecule has 3 N–H and O–H groups in total. The summed E-state index contributed by atoms with van der Waals surface area (Å²) in [6.07, 6.45) is 3.53. The fourth-order valence-corrected chi connectivity index (χ4v) is 3.88. The lowest BCUT2D eigenvalue weighted by molar-refractivity contribution is 0.202. The van der Waals surface area contributed by atoms with E-state index in [-0.39, 0.29) is 11.6 Å². The zero-order valence-corrected chi connectivity index (χ0v) is 12.9. The van der Waals surface area contributed by atoms with Gasteiger partial charge in [-0.3, -0.25) is 5.10 Å². The molecule has 114 valence electrons. The van der Waals surface area contributed by atoms with Gasteiger partial charge in [-0.25, -0.2) is 8.42 Å². The molecule has 8 heteroatoms. The number of H-pyrrole nitrogens is 1. The summed E-state index contributed by atoms with van der Waals surface area (Å²) in [5.74, 6) is 0.412. The Morgan fingerprint density at radius 1 is 1.50 bits per heavy atom. The molecule has 0 radical (unpaired) electrons. The highest BCUT2D eigenvalue weighted by atomic mass is 32.2. The van der Waals surface area contributed by atoms with Crippen molar-refractivity contribution < 1.29 is 8.42 Å². The van der Waals surface area contributed by atoms with Gasteiger partial charge in [0, 0.05) is 25.7 Å². The Hall–Kier alpha value is -0.960. The van der Waals surface area contributed by atoms with Crippen molar-refractivity contribution in [2.24, 2.45) is 11.7 Å². The van der Waals surface area contributed by atoms with Gasteiger partial charge in [-0.05, 0) is 38.9 Å². The van der Waals surface area contributed by atoms with Crippen molar-refractivity contribution in [1.29, 1.82) is 0 Å². The van der Waals surface area contributed by atoms with E-state index in [9.17, 15) is 8.42 Å². The van der Waals surface area contributed by atoms with Gasteiger partial charge in [0.15, 0.2) is 5.03 Å². The fourth-order valence-electron chi connectivity index (χ4n) is 2.53. The van der Waals surface area contributed by atoms with E-state index in [1.807, 2.05) is 0 Å². The van der Waals surface area contributed by atoms with Gasteiger partial charge in [0.05, 0.1) is 6.20 Å². The van der Waals surface area contributed by atoms with Crippen molar-refractivity contribution in [1.82, 2.24) is 19.4 Å². The largest absolute Gasteiger partial charge is 0.326 e. The second-order valence-corrected chi connectivity index (χ2v) is 7.44. The maximum atomic E-state index is 12.5. The maximum absolute atomic E-state index is 12.5. The van der Waals surface area contributed by atoms with E-state index in [0.29, 0.717) is 18.0 Å². The van der Waals surface area contributed by atoms with Gasteiger partial charge in [0.2, 0.25) is 0 Å². The zero-order valence-electron chi connectivity index (χ0n) is 12.0. The summed E-state index contributed by atoms with van der Waals surface area (Å²) in [6.45, 7) is 2.75. The molecule has 0 aromatic carbocycles. The van der Waals surface area contributed by atoms with Crippen LogP contribution in [0.2, 0.25) is 0 Å². The molecule has 0 saturated carbocycles. The van der Waals surface area contributed by atoms with E-state index in [1.165, 1.54) is 10.5 Å².